The van der Waals surface area contributed by atoms with E-state index in [0.717, 1.165) is 0 Å². The van der Waals surface area contributed by atoms with Crippen molar-refractivity contribution >= 4 is 0 Å². The molecular weight excluding hydrogens is 145 g/mol. The first-order valence-electron chi connectivity index (χ1n) is 3.08. The number of rotatable bonds is 4. The normalized spacial score (nSPS) is 24.9. The van der Waals surface area contributed by atoms with Crippen LogP contribution < -0.4 is 0 Å². The van der Waals surface area contributed by atoms with Crippen molar-refractivity contribution in [1.29, 1.82) is 0 Å². The second-order valence-corrected chi connectivity index (χ2v) is 2.59. The molecule has 1 unspecified atom stereocenters. The summed E-state index contributed by atoms with van der Waals surface area (Å²) in [4.78, 5) is 0. The average Bonchev–Trinajstić information content (AvgIpc) is 2.77. The van der Waals surface area contributed by atoms with E-state index in [9.17, 15) is 13.2 Å². The number of hydrogen-bond donors (Lipinski definition) is 0. The van der Waals surface area contributed by atoms with Gasteiger partial charge in [0.2, 0.25) is 0 Å². The largest absolute Gasteiger partial charge is 0.372 e. The van der Waals surface area contributed by atoms with Crippen LogP contribution in [0.2, 0.25) is 0 Å². The number of alkyl halides is 3. The van der Waals surface area contributed by atoms with Crippen molar-refractivity contribution in [2.75, 3.05) is 26.6 Å². The van der Waals surface area contributed by atoms with Gasteiger partial charge in [-0.15, -0.1) is 0 Å². The zero-order valence-corrected chi connectivity index (χ0v) is 5.45. The van der Waals surface area contributed by atoms with Crippen LogP contribution in [0.4, 0.5) is 13.2 Å². The molecule has 0 spiro atoms. The molecule has 1 fully saturated rings. The Morgan fingerprint density at radius 3 is 1.70 bits per heavy atom. The molecule has 1 rings (SSSR count). The van der Waals surface area contributed by atoms with E-state index < -0.39 is 31.5 Å². The Bertz CT molecular complexity index is 101. The summed E-state index contributed by atoms with van der Waals surface area (Å²) in [6.45, 7) is -2.66. The summed E-state index contributed by atoms with van der Waals surface area (Å²) in [5.41, 5.74) is -1.49. The van der Waals surface area contributed by atoms with Gasteiger partial charge in [0.05, 0.1) is 18.1 Å². The molecule has 0 N–H and O–H groups in total. The third kappa shape index (κ3) is 1.12. The summed E-state index contributed by atoms with van der Waals surface area (Å²) in [7, 11) is 0. The lowest BCUT2D eigenvalue weighted by Crippen LogP contribution is -2.34. The van der Waals surface area contributed by atoms with Gasteiger partial charge in [-0.05, 0) is 0 Å². The third-order valence-electron chi connectivity index (χ3n) is 1.81. The fraction of sp³-hybridized carbons (Fsp3) is 1.00. The average molecular weight is 154 g/mol. The molecule has 1 nitrogen and oxygen atoms in total. The van der Waals surface area contributed by atoms with Crippen LogP contribution >= 0.6 is 0 Å². The van der Waals surface area contributed by atoms with Gasteiger partial charge >= 0.3 is 0 Å². The summed E-state index contributed by atoms with van der Waals surface area (Å²) >= 11 is 0. The molecule has 0 saturated carbocycles. The van der Waals surface area contributed by atoms with Gasteiger partial charge in [-0.25, -0.2) is 0 Å². The number of halogens is 3. The summed E-state index contributed by atoms with van der Waals surface area (Å²) in [5.74, 6) is 0. The van der Waals surface area contributed by atoms with Gasteiger partial charge < -0.3 is 4.74 Å². The van der Waals surface area contributed by atoms with E-state index in [0.29, 0.717) is 0 Å². The van der Waals surface area contributed by atoms with Crippen LogP contribution in [-0.4, -0.2) is 32.7 Å². The quantitative estimate of drug-likeness (QED) is 0.556. The summed E-state index contributed by atoms with van der Waals surface area (Å²) in [5, 5.41) is 0. The number of epoxide rings is 1. The molecule has 60 valence electrons. The maximum absolute atomic E-state index is 12.0. The van der Waals surface area contributed by atoms with Gasteiger partial charge in [-0.3, -0.25) is 13.2 Å². The molecule has 1 aliphatic heterocycles. The molecular formula is C6H9F3O. The lowest BCUT2D eigenvalue weighted by atomic mass is 9.89. The van der Waals surface area contributed by atoms with Gasteiger partial charge in [0.1, 0.15) is 20.0 Å². The lowest BCUT2D eigenvalue weighted by molar-refractivity contribution is 0.0771. The Labute approximate surface area is 57.2 Å². The molecule has 1 saturated heterocycles. The van der Waals surface area contributed by atoms with Crippen LogP contribution in [0.25, 0.3) is 0 Å². The van der Waals surface area contributed by atoms with Crippen molar-refractivity contribution in [3.63, 3.8) is 0 Å². The SMILES string of the molecule is FCC(CF)(CF)C1CO1. The van der Waals surface area contributed by atoms with Crippen molar-refractivity contribution in [1.82, 2.24) is 0 Å². The zero-order valence-electron chi connectivity index (χ0n) is 5.45. The number of ether oxygens (including phenoxy) is 1. The molecule has 4 heteroatoms. The molecule has 0 aliphatic carbocycles. The van der Waals surface area contributed by atoms with Crippen LogP contribution in [-0.2, 0) is 4.74 Å². The lowest BCUT2D eigenvalue weighted by Gasteiger charge is -2.20. The van der Waals surface area contributed by atoms with Crippen LogP contribution in [0.15, 0.2) is 0 Å². The van der Waals surface area contributed by atoms with Crippen molar-refractivity contribution in [2.45, 2.75) is 6.10 Å². The van der Waals surface area contributed by atoms with Gasteiger partial charge in [0, 0.05) is 0 Å². The van der Waals surface area contributed by atoms with E-state index in [1.165, 1.54) is 0 Å². The van der Waals surface area contributed by atoms with Gasteiger partial charge in [-0.1, -0.05) is 0 Å². The molecule has 0 aromatic carbocycles. The molecule has 0 amide bonds. The van der Waals surface area contributed by atoms with E-state index >= 15 is 0 Å². The number of hydrogen-bond acceptors (Lipinski definition) is 1. The maximum atomic E-state index is 12.0. The first kappa shape index (κ1) is 7.85. The van der Waals surface area contributed by atoms with Gasteiger partial charge in [0.15, 0.2) is 0 Å². The van der Waals surface area contributed by atoms with Crippen LogP contribution in [0.1, 0.15) is 0 Å². The minimum absolute atomic E-state index is 0.289. The molecule has 10 heavy (non-hydrogen) atoms. The second-order valence-electron chi connectivity index (χ2n) is 2.59. The highest BCUT2D eigenvalue weighted by molar-refractivity contribution is 4.92. The Kier molecular flexibility index (Phi) is 2.18. The minimum Gasteiger partial charge on any atom is -0.372 e. The van der Waals surface area contributed by atoms with Crippen molar-refractivity contribution in [3.05, 3.63) is 0 Å². The highest BCUT2D eigenvalue weighted by atomic mass is 19.1. The molecule has 1 heterocycles. The molecule has 0 bridgehead atoms. The third-order valence-corrected chi connectivity index (χ3v) is 1.81. The molecule has 1 aliphatic rings. The predicted octanol–water partition coefficient (Wildman–Crippen LogP) is 1.28. The first-order valence-corrected chi connectivity index (χ1v) is 3.08. The van der Waals surface area contributed by atoms with Gasteiger partial charge in [0.25, 0.3) is 0 Å². The van der Waals surface area contributed by atoms with Crippen LogP contribution in [0, 0.1) is 5.41 Å². The molecule has 0 radical (unpaired) electrons. The Balaban J connectivity index is 2.52. The molecule has 0 aromatic rings. The van der Waals surface area contributed by atoms with E-state index in [1.54, 1.807) is 0 Å². The fourth-order valence-electron chi connectivity index (χ4n) is 0.767. The van der Waals surface area contributed by atoms with E-state index in [2.05, 4.69) is 4.74 Å². The molecule has 0 aromatic heterocycles. The first-order chi connectivity index (χ1) is 4.79. The van der Waals surface area contributed by atoms with E-state index in [-0.39, 0.29) is 6.61 Å². The second kappa shape index (κ2) is 2.78. The minimum atomic E-state index is -1.49. The standard InChI is InChI=1S/C6H9F3O/c7-2-6(3-8,4-9)5-1-10-5/h5H,1-4H2. The summed E-state index contributed by atoms with van der Waals surface area (Å²) in [6, 6.07) is 0. The van der Waals surface area contributed by atoms with Crippen LogP contribution in [0.3, 0.4) is 0 Å². The van der Waals surface area contributed by atoms with E-state index in [1.807, 2.05) is 0 Å². The Hall–Kier alpha value is -0.250. The highest BCUT2D eigenvalue weighted by Crippen LogP contribution is 2.34. The predicted molar refractivity (Wildman–Crippen MR) is 30.1 cm³/mol. The van der Waals surface area contributed by atoms with E-state index in [4.69, 9.17) is 0 Å². The maximum Gasteiger partial charge on any atom is 0.103 e. The fourth-order valence-corrected chi connectivity index (χ4v) is 0.767. The summed E-state index contributed by atoms with van der Waals surface area (Å²) in [6.07, 6.45) is -0.535. The summed E-state index contributed by atoms with van der Waals surface area (Å²) < 4.78 is 40.8. The van der Waals surface area contributed by atoms with Crippen LogP contribution in [0.5, 0.6) is 0 Å². The highest BCUT2D eigenvalue weighted by Gasteiger charge is 2.47. The van der Waals surface area contributed by atoms with Crippen molar-refractivity contribution < 1.29 is 17.9 Å². The van der Waals surface area contributed by atoms with Crippen molar-refractivity contribution in [2.24, 2.45) is 5.41 Å². The molecule has 1 atom stereocenters. The monoisotopic (exact) mass is 154 g/mol. The Morgan fingerprint density at radius 1 is 1.20 bits per heavy atom. The Morgan fingerprint density at radius 2 is 1.60 bits per heavy atom. The smallest absolute Gasteiger partial charge is 0.103 e. The zero-order chi connectivity index (χ0) is 7.61. The van der Waals surface area contributed by atoms with Crippen molar-refractivity contribution in [3.8, 4) is 0 Å². The van der Waals surface area contributed by atoms with Gasteiger partial charge in [-0.2, -0.15) is 0 Å². The topological polar surface area (TPSA) is 12.5 Å².